The van der Waals surface area contributed by atoms with Crippen LogP contribution in [0.3, 0.4) is 0 Å². The lowest BCUT2D eigenvalue weighted by molar-refractivity contribution is -0.0565. The second-order valence-corrected chi connectivity index (χ2v) is 7.07. The number of rotatable bonds is 2. The number of aromatic nitrogens is 2. The van der Waals surface area contributed by atoms with Crippen molar-refractivity contribution in [3.8, 4) is 0 Å². The number of aliphatic hydroxyl groups excluding tert-OH is 1. The molecule has 0 unspecified atom stereocenters. The van der Waals surface area contributed by atoms with E-state index in [4.69, 9.17) is 11.6 Å². The highest BCUT2D eigenvalue weighted by atomic mass is 35.5. The molecule has 0 spiro atoms. The molecule has 1 aromatic heterocycles. The van der Waals surface area contributed by atoms with Gasteiger partial charge in [-0.2, -0.15) is 5.10 Å². The second-order valence-electron chi connectivity index (χ2n) is 6.67. The van der Waals surface area contributed by atoms with E-state index in [0.29, 0.717) is 11.1 Å². The number of nitrogens with one attached hydrogen (secondary N) is 1. The SMILES string of the molecule is O[C@@H](c1c(F)c(Cl)cc2cn[nH]c12)C12CCC(CC1)CC2. The first-order chi connectivity index (χ1) is 10.1. The molecule has 1 heterocycles. The van der Waals surface area contributed by atoms with Crippen molar-refractivity contribution < 1.29 is 9.50 Å². The zero-order valence-corrected chi connectivity index (χ0v) is 12.5. The molecule has 0 radical (unpaired) electrons. The van der Waals surface area contributed by atoms with Crippen molar-refractivity contribution in [2.45, 2.75) is 44.6 Å². The van der Waals surface area contributed by atoms with Crippen molar-refractivity contribution >= 4 is 22.5 Å². The third kappa shape index (κ3) is 1.92. The Hall–Kier alpha value is -1.13. The fraction of sp³-hybridized carbons (Fsp3) is 0.562. The summed E-state index contributed by atoms with van der Waals surface area (Å²) in [7, 11) is 0. The molecule has 1 atom stereocenters. The molecule has 112 valence electrons. The normalized spacial score (nSPS) is 30.0. The maximum absolute atomic E-state index is 14.6. The van der Waals surface area contributed by atoms with Gasteiger partial charge in [0.1, 0.15) is 5.82 Å². The zero-order chi connectivity index (χ0) is 14.6. The molecule has 21 heavy (non-hydrogen) atoms. The average molecular weight is 309 g/mol. The molecule has 2 N–H and O–H groups in total. The minimum Gasteiger partial charge on any atom is -0.388 e. The first-order valence-electron chi connectivity index (χ1n) is 7.60. The van der Waals surface area contributed by atoms with E-state index in [0.717, 1.165) is 49.8 Å². The Kier molecular flexibility index (Phi) is 3.02. The maximum Gasteiger partial charge on any atom is 0.149 e. The lowest BCUT2D eigenvalue weighted by Gasteiger charge is -2.49. The summed E-state index contributed by atoms with van der Waals surface area (Å²) >= 11 is 6.00. The Morgan fingerprint density at radius 1 is 1.33 bits per heavy atom. The molecule has 3 fully saturated rings. The number of aromatic amines is 1. The van der Waals surface area contributed by atoms with E-state index in [1.807, 2.05) is 0 Å². The topological polar surface area (TPSA) is 48.9 Å². The van der Waals surface area contributed by atoms with Gasteiger partial charge in [-0.25, -0.2) is 4.39 Å². The molecule has 0 saturated heterocycles. The van der Waals surface area contributed by atoms with E-state index in [-0.39, 0.29) is 10.4 Å². The van der Waals surface area contributed by atoms with E-state index in [2.05, 4.69) is 10.2 Å². The fourth-order valence-electron chi connectivity index (χ4n) is 4.31. The molecular formula is C16H18ClFN2O. The van der Waals surface area contributed by atoms with Crippen LogP contribution in [0.25, 0.3) is 10.9 Å². The van der Waals surface area contributed by atoms with Crippen LogP contribution in [0.2, 0.25) is 5.02 Å². The predicted molar refractivity (Wildman–Crippen MR) is 79.6 cm³/mol. The van der Waals surface area contributed by atoms with Crippen LogP contribution in [0.4, 0.5) is 4.39 Å². The van der Waals surface area contributed by atoms with Gasteiger partial charge in [0.05, 0.1) is 22.8 Å². The molecule has 2 bridgehead atoms. The Morgan fingerprint density at radius 3 is 2.67 bits per heavy atom. The highest BCUT2D eigenvalue weighted by molar-refractivity contribution is 6.31. The van der Waals surface area contributed by atoms with E-state index < -0.39 is 11.9 Å². The van der Waals surface area contributed by atoms with Crippen LogP contribution in [-0.4, -0.2) is 15.3 Å². The van der Waals surface area contributed by atoms with E-state index >= 15 is 0 Å². The number of fused-ring (bicyclic) bond motifs is 4. The van der Waals surface area contributed by atoms with Crippen LogP contribution in [0.1, 0.15) is 50.2 Å². The average Bonchev–Trinajstić information content (AvgIpc) is 2.97. The maximum atomic E-state index is 14.6. The highest BCUT2D eigenvalue weighted by Gasteiger charge is 2.47. The quantitative estimate of drug-likeness (QED) is 0.866. The number of H-pyrrole nitrogens is 1. The first-order valence-corrected chi connectivity index (χ1v) is 7.97. The smallest absolute Gasteiger partial charge is 0.149 e. The Bertz CT molecular complexity index is 677. The molecule has 5 rings (SSSR count). The highest BCUT2D eigenvalue weighted by Crippen LogP contribution is 2.57. The monoisotopic (exact) mass is 308 g/mol. The minimum absolute atomic E-state index is 0.0545. The van der Waals surface area contributed by atoms with E-state index in [9.17, 15) is 9.50 Å². The van der Waals surface area contributed by atoms with Gasteiger partial charge in [-0.15, -0.1) is 0 Å². The summed E-state index contributed by atoms with van der Waals surface area (Å²) in [4.78, 5) is 0. The first kappa shape index (κ1) is 13.5. The molecule has 3 saturated carbocycles. The Labute approximate surface area is 127 Å². The van der Waals surface area contributed by atoms with Crippen LogP contribution < -0.4 is 0 Å². The van der Waals surface area contributed by atoms with Gasteiger partial charge >= 0.3 is 0 Å². The fourth-order valence-corrected chi connectivity index (χ4v) is 4.53. The van der Waals surface area contributed by atoms with Gasteiger partial charge in [-0.3, -0.25) is 5.10 Å². The van der Waals surface area contributed by atoms with Gasteiger partial charge in [0.15, 0.2) is 0 Å². The molecule has 3 nitrogen and oxygen atoms in total. The molecule has 3 aliphatic rings. The largest absolute Gasteiger partial charge is 0.388 e. The standard InChI is InChI=1S/C16H18ClFN2O/c17-11-7-10-8-19-20-14(10)12(13(11)18)15(21)16-4-1-9(2-5-16)3-6-16/h7-9,15,21H,1-6H2,(H,19,20)/t9?,15-,16?/m0/s1. The number of nitrogens with zero attached hydrogens (tertiary/aromatic N) is 1. The van der Waals surface area contributed by atoms with Gasteiger partial charge in [-0.1, -0.05) is 11.6 Å². The lowest BCUT2D eigenvalue weighted by Crippen LogP contribution is -2.39. The van der Waals surface area contributed by atoms with E-state index in [1.165, 1.54) is 0 Å². The summed E-state index contributed by atoms with van der Waals surface area (Å²) in [6.07, 6.45) is 7.15. The zero-order valence-electron chi connectivity index (χ0n) is 11.7. The summed E-state index contributed by atoms with van der Waals surface area (Å²) in [5.41, 5.74) is 0.681. The van der Waals surface area contributed by atoms with Crippen molar-refractivity contribution in [3.05, 3.63) is 28.7 Å². The number of aliphatic hydroxyl groups is 1. The third-order valence-electron chi connectivity index (χ3n) is 5.67. The van der Waals surface area contributed by atoms with Gasteiger partial charge in [-0.05, 0) is 50.5 Å². The molecule has 5 heteroatoms. The molecule has 3 aliphatic carbocycles. The molecule has 1 aromatic carbocycles. The molecule has 0 aliphatic heterocycles. The van der Waals surface area contributed by atoms with Gasteiger partial charge in [0.2, 0.25) is 0 Å². The predicted octanol–water partition coefficient (Wildman–Crippen LogP) is 4.36. The molecular weight excluding hydrogens is 291 g/mol. The molecule has 2 aromatic rings. The van der Waals surface area contributed by atoms with Crippen molar-refractivity contribution in [2.75, 3.05) is 0 Å². The summed E-state index contributed by atoms with van der Waals surface area (Å²) in [5.74, 6) is 0.290. The van der Waals surface area contributed by atoms with Crippen LogP contribution in [0, 0.1) is 17.2 Å². The number of halogens is 2. The summed E-state index contributed by atoms with van der Waals surface area (Å²) in [6.45, 7) is 0. The third-order valence-corrected chi connectivity index (χ3v) is 5.95. The van der Waals surface area contributed by atoms with Crippen LogP contribution in [-0.2, 0) is 0 Å². The minimum atomic E-state index is -0.819. The summed E-state index contributed by atoms with van der Waals surface area (Å²) in [6, 6.07) is 1.56. The Morgan fingerprint density at radius 2 is 2.00 bits per heavy atom. The van der Waals surface area contributed by atoms with Crippen LogP contribution in [0.15, 0.2) is 12.3 Å². The van der Waals surface area contributed by atoms with Crippen molar-refractivity contribution in [1.29, 1.82) is 0 Å². The van der Waals surface area contributed by atoms with Gasteiger partial charge in [0.25, 0.3) is 0 Å². The van der Waals surface area contributed by atoms with Gasteiger partial charge in [0, 0.05) is 16.4 Å². The van der Waals surface area contributed by atoms with Crippen LogP contribution in [0.5, 0.6) is 0 Å². The summed E-state index contributed by atoms with van der Waals surface area (Å²) < 4.78 is 14.6. The Balaban J connectivity index is 1.85. The van der Waals surface area contributed by atoms with Crippen molar-refractivity contribution in [1.82, 2.24) is 10.2 Å². The lowest BCUT2D eigenvalue weighted by atomic mass is 9.57. The van der Waals surface area contributed by atoms with Crippen molar-refractivity contribution in [2.24, 2.45) is 11.3 Å². The number of benzene rings is 1. The van der Waals surface area contributed by atoms with Gasteiger partial charge < -0.3 is 5.11 Å². The van der Waals surface area contributed by atoms with Crippen molar-refractivity contribution in [3.63, 3.8) is 0 Å². The second kappa shape index (κ2) is 4.68. The van der Waals surface area contributed by atoms with E-state index in [1.54, 1.807) is 12.3 Å². The van der Waals surface area contributed by atoms with Crippen LogP contribution >= 0.6 is 11.6 Å². The molecule has 0 amide bonds. The number of hydrogen-bond donors (Lipinski definition) is 2. The number of hydrogen-bond acceptors (Lipinski definition) is 2. The summed E-state index contributed by atoms with van der Waals surface area (Å²) in [5, 5.41) is 18.6.